The van der Waals surface area contributed by atoms with Crippen molar-refractivity contribution < 1.29 is 27.8 Å². The smallest absolute Gasteiger partial charge is 0.416 e. The molecule has 186 valence electrons. The minimum atomic E-state index is -4.70. The van der Waals surface area contributed by atoms with E-state index in [0.29, 0.717) is 27.8 Å². The maximum atomic E-state index is 13.7. The fourth-order valence-corrected chi connectivity index (χ4v) is 4.77. The second-order valence-electron chi connectivity index (χ2n) is 7.83. The molecule has 0 bridgehead atoms. The van der Waals surface area contributed by atoms with Crippen LogP contribution in [0.5, 0.6) is 5.75 Å². The van der Waals surface area contributed by atoms with Crippen molar-refractivity contribution in [3.63, 3.8) is 0 Å². The Morgan fingerprint density at radius 3 is 2.33 bits per heavy atom. The van der Waals surface area contributed by atoms with Gasteiger partial charge in [-0.3, -0.25) is 4.98 Å². The summed E-state index contributed by atoms with van der Waals surface area (Å²) in [6, 6.07) is 8.96. The van der Waals surface area contributed by atoms with Crippen molar-refractivity contribution in [2.45, 2.75) is 18.5 Å². The van der Waals surface area contributed by atoms with Crippen molar-refractivity contribution >= 4 is 51.7 Å². The van der Waals surface area contributed by atoms with Gasteiger partial charge in [-0.2, -0.15) is 13.2 Å². The highest BCUT2D eigenvalue weighted by Crippen LogP contribution is 2.42. The number of halogens is 6. The van der Waals surface area contributed by atoms with Crippen LogP contribution in [0.1, 0.15) is 38.5 Å². The van der Waals surface area contributed by atoms with Gasteiger partial charge in [-0.05, 0) is 59.5 Å². The maximum Gasteiger partial charge on any atom is 0.416 e. The molecule has 0 radical (unpaired) electrons. The predicted octanol–water partition coefficient (Wildman–Crippen LogP) is 7.69. The maximum absolute atomic E-state index is 13.7. The highest BCUT2D eigenvalue weighted by atomic mass is 35.5. The highest BCUT2D eigenvalue weighted by molar-refractivity contribution is 6.35. The Morgan fingerprint density at radius 1 is 1.03 bits per heavy atom. The van der Waals surface area contributed by atoms with Crippen LogP contribution in [0.25, 0.3) is 10.9 Å². The number of carboxylic acid groups (broad SMARTS) is 1. The first-order valence-electron chi connectivity index (χ1n) is 10.4. The number of alkyl halides is 3. The third-order valence-electron chi connectivity index (χ3n) is 5.76. The average molecular weight is 556 g/mol. The molecule has 0 saturated carbocycles. The van der Waals surface area contributed by atoms with Crippen LogP contribution in [-0.2, 0) is 12.6 Å². The Kier molecular flexibility index (Phi) is 7.31. The van der Waals surface area contributed by atoms with E-state index >= 15 is 0 Å². The zero-order chi connectivity index (χ0) is 26.2. The van der Waals surface area contributed by atoms with Crippen LogP contribution in [-0.4, -0.2) is 28.2 Å². The summed E-state index contributed by atoms with van der Waals surface area (Å²) in [5.74, 6) is -1.92. The molecule has 0 aliphatic heterocycles. The largest absolute Gasteiger partial charge is 0.494 e. The molecule has 4 aromatic rings. The quantitative estimate of drug-likeness (QED) is 0.247. The van der Waals surface area contributed by atoms with E-state index in [2.05, 4.69) is 9.97 Å². The molecule has 0 aliphatic rings. The first-order chi connectivity index (χ1) is 17.0. The van der Waals surface area contributed by atoms with E-state index in [1.54, 1.807) is 18.2 Å². The Morgan fingerprint density at radius 2 is 1.72 bits per heavy atom. The number of pyridine rings is 2. The number of aromatic nitrogens is 2. The summed E-state index contributed by atoms with van der Waals surface area (Å²) in [7, 11) is 1.44. The van der Waals surface area contributed by atoms with Crippen LogP contribution in [0.4, 0.5) is 13.2 Å². The van der Waals surface area contributed by atoms with Crippen LogP contribution >= 0.6 is 34.8 Å². The fourth-order valence-electron chi connectivity index (χ4n) is 4.11. The summed E-state index contributed by atoms with van der Waals surface area (Å²) >= 11 is 18.8. The zero-order valence-corrected chi connectivity index (χ0v) is 20.7. The van der Waals surface area contributed by atoms with Gasteiger partial charge < -0.3 is 9.84 Å². The number of ether oxygens (including phenoxy) is 1. The van der Waals surface area contributed by atoms with Crippen LogP contribution in [0.15, 0.2) is 54.9 Å². The van der Waals surface area contributed by atoms with E-state index in [4.69, 9.17) is 39.5 Å². The van der Waals surface area contributed by atoms with E-state index in [1.165, 1.54) is 25.6 Å². The lowest BCUT2D eigenvalue weighted by molar-refractivity contribution is -0.137. The lowest BCUT2D eigenvalue weighted by Gasteiger charge is -2.24. The molecular weight excluding hydrogens is 540 g/mol. The Balaban J connectivity index is 2.06. The molecule has 0 aliphatic carbocycles. The summed E-state index contributed by atoms with van der Waals surface area (Å²) in [6.45, 7) is 0. The van der Waals surface area contributed by atoms with Gasteiger partial charge in [0.15, 0.2) is 0 Å². The Bertz CT molecular complexity index is 1460. The normalized spacial score (nSPS) is 12.5. The summed E-state index contributed by atoms with van der Waals surface area (Å²) in [6.07, 6.45) is -2.00. The number of benzene rings is 2. The van der Waals surface area contributed by atoms with Gasteiger partial charge in [0.1, 0.15) is 16.4 Å². The lowest BCUT2D eigenvalue weighted by atomic mass is 9.81. The van der Waals surface area contributed by atoms with Crippen molar-refractivity contribution in [3.05, 3.63) is 97.9 Å². The number of rotatable bonds is 6. The van der Waals surface area contributed by atoms with Crippen molar-refractivity contribution in [3.8, 4) is 5.75 Å². The molecule has 1 unspecified atom stereocenters. The van der Waals surface area contributed by atoms with E-state index < -0.39 is 23.6 Å². The molecule has 36 heavy (non-hydrogen) atoms. The Labute approximate surface area is 218 Å². The van der Waals surface area contributed by atoms with Gasteiger partial charge in [0.25, 0.3) is 0 Å². The third-order valence-corrected chi connectivity index (χ3v) is 6.62. The number of hydrogen-bond acceptors (Lipinski definition) is 4. The van der Waals surface area contributed by atoms with Gasteiger partial charge in [-0.1, -0.05) is 40.9 Å². The molecule has 11 heteroatoms. The summed E-state index contributed by atoms with van der Waals surface area (Å²) in [4.78, 5) is 20.4. The molecule has 1 atom stereocenters. The van der Waals surface area contributed by atoms with Gasteiger partial charge in [0, 0.05) is 23.7 Å². The molecule has 5 nitrogen and oxygen atoms in total. The zero-order valence-electron chi connectivity index (χ0n) is 18.4. The molecule has 0 spiro atoms. The molecular formula is C25H16Cl3F3N2O3. The molecule has 0 saturated heterocycles. The van der Waals surface area contributed by atoms with Crippen molar-refractivity contribution in [2.24, 2.45) is 0 Å². The molecule has 0 fully saturated rings. The third kappa shape index (κ3) is 5.07. The molecule has 0 amide bonds. The van der Waals surface area contributed by atoms with Crippen molar-refractivity contribution in [1.82, 2.24) is 9.97 Å². The minimum Gasteiger partial charge on any atom is -0.494 e. The molecule has 2 aromatic carbocycles. The van der Waals surface area contributed by atoms with Crippen LogP contribution in [0, 0.1) is 0 Å². The number of hydrogen-bond donors (Lipinski definition) is 1. The fraction of sp³-hybridized carbons (Fsp3) is 0.160. The lowest BCUT2D eigenvalue weighted by Crippen LogP contribution is -2.15. The first-order valence-corrected chi connectivity index (χ1v) is 11.5. The number of carbonyl (C=O) groups is 1. The van der Waals surface area contributed by atoms with Gasteiger partial charge in [0.05, 0.1) is 28.3 Å². The molecule has 2 aromatic heterocycles. The van der Waals surface area contributed by atoms with Crippen LogP contribution in [0.2, 0.25) is 15.2 Å². The number of aromatic carboxylic acids is 1. The first kappa shape index (κ1) is 26.0. The van der Waals surface area contributed by atoms with Crippen molar-refractivity contribution in [1.29, 1.82) is 0 Å². The van der Waals surface area contributed by atoms with Gasteiger partial charge in [0.2, 0.25) is 0 Å². The van der Waals surface area contributed by atoms with Gasteiger partial charge in [-0.25, -0.2) is 9.78 Å². The van der Waals surface area contributed by atoms with E-state index in [9.17, 15) is 23.1 Å². The minimum absolute atomic E-state index is 0.0220. The standard InChI is InChI=1S/C25H16Cl3F3N2O3/c1-36-21-6-4-13(14-5-7-22(28)33-23(14)21)17(9-18-19(26)10-32-11-20(18)27)16-8-12(25(29,30)31)2-3-15(16)24(34)35/h2-8,10-11,17H,9H2,1H3,(H,34,35). The number of fused-ring (bicyclic) bond motifs is 1. The van der Waals surface area contributed by atoms with Gasteiger partial charge >= 0.3 is 12.1 Å². The predicted molar refractivity (Wildman–Crippen MR) is 132 cm³/mol. The number of carboxylic acids is 1. The van der Waals surface area contributed by atoms with E-state index in [1.807, 2.05) is 0 Å². The van der Waals surface area contributed by atoms with Gasteiger partial charge in [-0.15, -0.1) is 0 Å². The van der Waals surface area contributed by atoms with E-state index in [-0.39, 0.29) is 32.7 Å². The monoisotopic (exact) mass is 554 g/mol. The second-order valence-corrected chi connectivity index (χ2v) is 9.03. The summed E-state index contributed by atoms with van der Waals surface area (Å²) in [5.41, 5.74) is -0.0942. The molecule has 1 N–H and O–H groups in total. The van der Waals surface area contributed by atoms with Crippen LogP contribution in [0.3, 0.4) is 0 Å². The molecule has 2 heterocycles. The topological polar surface area (TPSA) is 72.3 Å². The van der Waals surface area contributed by atoms with E-state index in [0.717, 1.165) is 18.2 Å². The number of methoxy groups -OCH3 is 1. The summed E-state index contributed by atoms with van der Waals surface area (Å²) in [5, 5.41) is 10.9. The SMILES string of the molecule is COc1ccc(C(Cc2c(Cl)cncc2Cl)c2cc(C(F)(F)F)ccc2C(=O)O)c2ccc(Cl)nc12. The van der Waals surface area contributed by atoms with Crippen molar-refractivity contribution in [2.75, 3.05) is 7.11 Å². The Hall–Kier alpha value is -3.07. The molecule has 4 rings (SSSR count). The highest BCUT2D eigenvalue weighted by Gasteiger charge is 2.34. The average Bonchev–Trinajstić information content (AvgIpc) is 2.82. The number of nitrogens with zero attached hydrogens (tertiary/aromatic N) is 2. The van der Waals surface area contributed by atoms with Crippen LogP contribution < -0.4 is 4.74 Å². The summed E-state index contributed by atoms with van der Waals surface area (Å²) < 4.78 is 46.4. The second kappa shape index (κ2) is 10.1.